The van der Waals surface area contributed by atoms with E-state index < -0.39 is 0 Å². The first-order chi connectivity index (χ1) is 13.1. The fourth-order valence-electron chi connectivity index (χ4n) is 4.33. The van der Waals surface area contributed by atoms with E-state index in [4.69, 9.17) is 10.5 Å². The van der Waals surface area contributed by atoms with Crippen molar-refractivity contribution in [3.63, 3.8) is 0 Å². The zero-order valence-electron chi connectivity index (χ0n) is 16.3. The lowest BCUT2D eigenvalue weighted by Gasteiger charge is -2.37. The number of piperazine rings is 1. The van der Waals surface area contributed by atoms with E-state index >= 15 is 0 Å². The highest BCUT2D eigenvalue weighted by Gasteiger charge is 2.26. The van der Waals surface area contributed by atoms with Crippen molar-refractivity contribution in [1.29, 1.82) is 0 Å². The third kappa shape index (κ3) is 5.61. The Kier molecular flexibility index (Phi) is 7.41. The third-order valence-corrected chi connectivity index (χ3v) is 6.53. The molecule has 0 unspecified atom stereocenters. The van der Waals surface area contributed by atoms with Gasteiger partial charge in [-0.1, -0.05) is 15.9 Å². The molecule has 1 aliphatic carbocycles. The fraction of sp³-hybridized carbons (Fsp3) is 0.667. The molecule has 3 rings (SSSR count). The Bertz CT molecular complexity index is 624. The van der Waals surface area contributed by atoms with Gasteiger partial charge in [0.2, 0.25) is 5.91 Å². The van der Waals surface area contributed by atoms with Crippen LogP contribution in [0, 0.1) is 11.8 Å². The van der Waals surface area contributed by atoms with Gasteiger partial charge in [0, 0.05) is 36.6 Å². The zero-order chi connectivity index (χ0) is 19.2. The predicted octanol–water partition coefficient (Wildman–Crippen LogP) is 3.65. The molecule has 1 aromatic rings. The fourth-order valence-corrected chi connectivity index (χ4v) is 4.67. The molecule has 2 aliphatic rings. The standard InChI is InChI=1S/C21H32BrN3O2/c1-2-27-20-15-18(22)7-8-19(20)25-13-11-24(12-14-25)10-9-16-3-5-17(6-4-16)21(23)26/h7-8,15-17H,2-6,9-14H2,1H3,(H2,23,26). The van der Waals surface area contributed by atoms with Gasteiger partial charge in [0.15, 0.2) is 0 Å². The van der Waals surface area contributed by atoms with Crippen molar-refractivity contribution in [2.45, 2.75) is 39.0 Å². The number of halogens is 1. The molecule has 27 heavy (non-hydrogen) atoms. The summed E-state index contributed by atoms with van der Waals surface area (Å²) in [5.74, 6) is 1.74. The quantitative estimate of drug-likeness (QED) is 0.706. The Hall–Kier alpha value is -1.27. The van der Waals surface area contributed by atoms with E-state index in [0.717, 1.165) is 68.0 Å². The third-order valence-electron chi connectivity index (χ3n) is 6.04. The average Bonchev–Trinajstić information content (AvgIpc) is 2.68. The van der Waals surface area contributed by atoms with Crippen LogP contribution >= 0.6 is 15.9 Å². The molecule has 2 fully saturated rings. The first-order valence-electron chi connectivity index (χ1n) is 10.3. The molecule has 1 heterocycles. The van der Waals surface area contributed by atoms with Gasteiger partial charge >= 0.3 is 0 Å². The van der Waals surface area contributed by atoms with E-state index in [1.54, 1.807) is 0 Å². The molecule has 0 spiro atoms. The maximum atomic E-state index is 11.3. The summed E-state index contributed by atoms with van der Waals surface area (Å²) in [4.78, 5) is 16.3. The van der Waals surface area contributed by atoms with E-state index in [0.29, 0.717) is 6.61 Å². The highest BCUT2D eigenvalue weighted by atomic mass is 79.9. The van der Waals surface area contributed by atoms with Crippen LogP contribution in [0.4, 0.5) is 5.69 Å². The topological polar surface area (TPSA) is 58.8 Å². The minimum atomic E-state index is -0.107. The lowest BCUT2D eigenvalue weighted by molar-refractivity contribution is -0.123. The molecule has 1 aromatic carbocycles. The van der Waals surface area contributed by atoms with Crippen molar-refractivity contribution in [3.8, 4) is 5.75 Å². The van der Waals surface area contributed by atoms with Gasteiger partial charge in [-0.3, -0.25) is 9.69 Å². The van der Waals surface area contributed by atoms with Crippen LogP contribution in [0.25, 0.3) is 0 Å². The van der Waals surface area contributed by atoms with Gasteiger partial charge in [0.05, 0.1) is 12.3 Å². The van der Waals surface area contributed by atoms with Crippen LogP contribution in [0.3, 0.4) is 0 Å². The van der Waals surface area contributed by atoms with E-state index in [2.05, 4.69) is 43.9 Å². The molecule has 0 radical (unpaired) electrons. The van der Waals surface area contributed by atoms with Gasteiger partial charge < -0.3 is 15.4 Å². The van der Waals surface area contributed by atoms with Gasteiger partial charge in [0.25, 0.3) is 0 Å². The molecule has 1 aliphatic heterocycles. The molecular formula is C21H32BrN3O2. The largest absolute Gasteiger partial charge is 0.492 e. The van der Waals surface area contributed by atoms with Gasteiger partial charge in [-0.05, 0) is 69.7 Å². The first kappa shape index (κ1) is 20.5. The number of ether oxygens (including phenoxy) is 1. The number of carbonyl (C=O) groups excluding carboxylic acids is 1. The molecule has 0 atom stereocenters. The summed E-state index contributed by atoms with van der Waals surface area (Å²) >= 11 is 3.54. The Morgan fingerprint density at radius 2 is 1.89 bits per heavy atom. The SMILES string of the molecule is CCOc1cc(Br)ccc1N1CCN(CCC2CCC(C(N)=O)CC2)CC1. The summed E-state index contributed by atoms with van der Waals surface area (Å²) in [5.41, 5.74) is 6.64. The van der Waals surface area contributed by atoms with Gasteiger partial charge in [-0.2, -0.15) is 0 Å². The Morgan fingerprint density at radius 3 is 2.52 bits per heavy atom. The van der Waals surface area contributed by atoms with Crippen molar-refractivity contribution in [2.24, 2.45) is 17.6 Å². The summed E-state index contributed by atoms with van der Waals surface area (Å²) in [6.07, 6.45) is 5.53. The van der Waals surface area contributed by atoms with Crippen LogP contribution in [0.1, 0.15) is 39.0 Å². The number of primary amides is 1. The molecule has 5 nitrogen and oxygen atoms in total. The molecule has 6 heteroatoms. The minimum Gasteiger partial charge on any atom is -0.492 e. The smallest absolute Gasteiger partial charge is 0.220 e. The first-order valence-corrected chi connectivity index (χ1v) is 11.0. The summed E-state index contributed by atoms with van der Waals surface area (Å²) in [5, 5.41) is 0. The van der Waals surface area contributed by atoms with E-state index in [1.807, 2.05) is 6.92 Å². The van der Waals surface area contributed by atoms with Gasteiger partial charge in [-0.15, -0.1) is 0 Å². The molecule has 0 aromatic heterocycles. The number of anilines is 1. The van der Waals surface area contributed by atoms with Crippen LogP contribution in [0.5, 0.6) is 5.75 Å². The molecule has 1 saturated heterocycles. The van der Waals surface area contributed by atoms with Crippen molar-refractivity contribution < 1.29 is 9.53 Å². The molecule has 1 saturated carbocycles. The predicted molar refractivity (Wildman–Crippen MR) is 113 cm³/mol. The van der Waals surface area contributed by atoms with E-state index in [1.165, 1.54) is 18.7 Å². The normalized spacial score (nSPS) is 24.0. The van der Waals surface area contributed by atoms with Crippen LogP contribution in [0.15, 0.2) is 22.7 Å². The summed E-state index contributed by atoms with van der Waals surface area (Å²) in [7, 11) is 0. The maximum absolute atomic E-state index is 11.3. The molecule has 0 bridgehead atoms. The molecule has 150 valence electrons. The minimum absolute atomic E-state index is 0.107. The average molecular weight is 438 g/mol. The van der Waals surface area contributed by atoms with Crippen LogP contribution in [-0.4, -0.2) is 50.1 Å². The summed E-state index contributed by atoms with van der Waals surface area (Å²) < 4.78 is 6.89. The van der Waals surface area contributed by atoms with Crippen molar-refractivity contribution in [2.75, 3.05) is 44.2 Å². The Balaban J connectivity index is 1.44. The number of amides is 1. The molecule has 1 amide bonds. The second-order valence-electron chi connectivity index (χ2n) is 7.78. The van der Waals surface area contributed by atoms with Crippen molar-refractivity contribution >= 4 is 27.5 Å². The van der Waals surface area contributed by atoms with Crippen LogP contribution in [0.2, 0.25) is 0 Å². The lowest BCUT2D eigenvalue weighted by atomic mass is 9.80. The zero-order valence-corrected chi connectivity index (χ0v) is 17.9. The monoisotopic (exact) mass is 437 g/mol. The number of carbonyl (C=O) groups is 1. The maximum Gasteiger partial charge on any atom is 0.220 e. The van der Waals surface area contributed by atoms with E-state index in [-0.39, 0.29) is 11.8 Å². The Labute approximate surface area is 171 Å². The summed E-state index contributed by atoms with van der Waals surface area (Å²) in [6, 6.07) is 6.31. The van der Waals surface area contributed by atoms with Crippen LogP contribution < -0.4 is 15.4 Å². The van der Waals surface area contributed by atoms with Crippen LogP contribution in [-0.2, 0) is 4.79 Å². The Morgan fingerprint density at radius 1 is 1.19 bits per heavy atom. The second kappa shape index (κ2) is 9.78. The highest BCUT2D eigenvalue weighted by Crippen LogP contribution is 2.33. The lowest BCUT2D eigenvalue weighted by Crippen LogP contribution is -2.47. The second-order valence-corrected chi connectivity index (χ2v) is 8.70. The van der Waals surface area contributed by atoms with Gasteiger partial charge in [-0.25, -0.2) is 0 Å². The summed E-state index contributed by atoms with van der Waals surface area (Å²) in [6.45, 7) is 8.14. The number of rotatable bonds is 7. The molecular weight excluding hydrogens is 406 g/mol. The number of hydrogen-bond donors (Lipinski definition) is 1. The number of nitrogens with two attached hydrogens (primary N) is 1. The van der Waals surface area contributed by atoms with Crippen molar-refractivity contribution in [1.82, 2.24) is 4.90 Å². The number of nitrogens with zero attached hydrogens (tertiary/aromatic N) is 2. The highest BCUT2D eigenvalue weighted by molar-refractivity contribution is 9.10. The number of benzene rings is 1. The number of hydrogen-bond acceptors (Lipinski definition) is 4. The van der Waals surface area contributed by atoms with E-state index in [9.17, 15) is 4.79 Å². The van der Waals surface area contributed by atoms with Crippen molar-refractivity contribution in [3.05, 3.63) is 22.7 Å². The van der Waals surface area contributed by atoms with Gasteiger partial charge in [0.1, 0.15) is 5.75 Å². The molecule has 2 N–H and O–H groups in total.